The third-order valence-electron chi connectivity index (χ3n) is 3.82. The van der Waals surface area contributed by atoms with Gasteiger partial charge in [-0.1, -0.05) is 66.7 Å². The molecule has 0 radical (unpaired) electrons. The van der Waals surface area contributed by atoms with Crippen molar-refractivity contribution in [3.8, 4) is 0 Å². The molecule has 0 amide bonds. The number of ether oxygens (including phenoxy) is 1. The third-order valence-corrected chi connectivity index (χ3v) is 3.82. The standard InChI is InChI=1S/C18H36O2/c1-6-8-9-10-11-12-18(5,14-16(3)4)15-17(19)20-13-7-2/h16H,6-15H2,1-5H3. The van der Waals surface area contributed by atoms with Gasteiger partial charge in [0.05, 0.1) is 13.0 Å². The lowest BCUT2D eigenvalue weighted by Crippen LogP contribution is -2.24. The van der Waals surface area contributed by atoms with Crippen LogP contribution in [0.1, 0.15) is 92.4 Å². The molecule has 0 fully saturated rings. The highest BCUT2D eigenvalue weighted by Crippen LogP contribution is 2.36. The Morgan fingerprint density at radius 2 is 1.70 bits per heavy atom. The molecule has 0 spiro atoms. The van der Waals surface area contributed by atoms with Gasteiger partial charge in [0.2, 0.25) is 0 Å². The molecule has 2 nitrogen and oxygen atoms in total. The summed E-state index contributed by atoms with van der Waals surface area (Å²) in [5.74, 6) is 0.623. The van der Waals surface area contributed by atoms with Crippen molar-refractivity contribution in [2.75, 3.05) is 6.61 Å². The Kier molecular flexibility index (Phi) is 10.9. The molecule has 0 aliphatic rings. The highest BCUT2D eigenvalue weighted by Gasteiger charge is 2.28. The number of carbonyl (C=O) groups excluding carboxylic acids is 1. The van der Waals surface area contributed by atoms with Gasteiger partial charge in [-0.05, 0) is 30.6 Å². The van der Waals surface area contributed by atoms with Crippen LogP contribution in [0.4, 0.5) is 0 Å². The Labute approximate surface area is 126 Å². The number of unbranched alkanes of at least 4 members (excludes halogenated alkanes) is 4. The van der Waals surface area contributed by atoms with Gasteiger partial charge in [-0.15, -0.1) is 0 Å². The van der Waals surface area contributed by atoms with Crippen LogP contribution in [-0.2, 0) is 9.53 Å². The van der Waals surface area contributed by atoms with Crippen LogP contribution in [0, 0.1) is 11.3 Å². The van der Waals surface area contributed by atoms with Gasteiger partial charge >= 0.3 is 5.97 Å². The van der Waals surface area contributed by atoms with Crippen molar-refractivity contribution < 1.29 is 9.53 Å². The molecule has 0 aliphatic carbocycles. The quantitative estimate of drug-likeness (QED) is 0.337. The first-order chi connectivity index (χ1) is 9.43. The maximum Gasteiger partial charge on any atom is 0.306 e. The molecule has 1 atom stereocenters. The van der Waals surface area contributed by atoms with E-state index < -0.39 is 0 Å². The first-order valence-corrected chi connectivity index (χ1v) is 8.59. The van der Waals surface area contributed by atoms with Crippen LogP contribution in [0.25, 0.3) is 0 Å². The maximum absolute atomic E-state index is 11.9. The van der Waals surface area contributed by atoms with Crippen molar-refractivity contribution in [1.82, 2.24) is 0 Å². The lowest BCUT2D eigenvalue weighted by Gasteiger charge is -2.30. The van der Waals surface area contributed by atoms with E-state index in [1.807, 2.05) is 6.92 Å². The predicted molar refractivity (Wildman–Crippen MR) is 86.8 cm³/mol. The molecule has 2 heteroatoms. The summed E-state index contributed by atoms with van der Waals surface area (Å²) in [7, 11) is 0. The van der Waals surface area contributed by atoms with Crippen molar-refractivity contribution in [3.05, 3.63) is 0 Å². The first-order valence-electron chi connectivity index (χ1n) is 8.59. The zero-order valence-electron chi connectivity index (χ0n) is 14.5. The monoisotopic (exact) mass is 284 g/mol. The van der Waals surface area contributed by atoms with Crippen LogP contribution in [0.2, 0.25) is 0 Å². The van der Waals surface area contributed by atoms with Crippen LogP contribution < -0.4 is 0 Å². The van der Waals surface area contributed by atoms with Gasteiger partial charge in [-0.25, -0.2) is 0 Å². The SMILES string of the molecule is CCCCCCCC(C)(CC(=O)OCCC)CC(C)C. The van der Waals surface area contributed by atoms with E-state index in [0.717, 1.165) is 19.3 Å². The van der Waals surface area contributed by atoms with Crippen LogP contribution >= 0.6 is 0 Å². The number of hydrogen-bond donors (Lipinski definition) is 0. The van der Waals surface area contributed by atoms with Crippen LogP contribution in [0.5, 0.6) is 0 Å². The smallest absolute Gasteiger partial charge is 0.306 e. The summed E-state index contributed by atoms with van der Waals surface area (Å²) >= 11 is 0. The highest BCUT2D eigenvalue weighted by molar-refractivity contribution is 5.70. The van der Waals surface area contributed by atoms with Crippen molar-refractivity contribution in [2.45, 2.75) is 92.4 Å². The average molecular weight is 284 g/mol. The Balaban J connectivity index is 4.23. The first kappa shape index (κ1) is 19.5. The summed E-state index contributed by atoms with van der Waals surface area (Å²) in [4.78, 5) is 11.9. The topological polar surface area (TPSA) is 26.3 Å². The van der Waals surface area contributed by atoms with Gasteiger partial charge in [-0.2, -0.15) is 0 Å². The Morgan fingerprint density at radius 3 is 2.25 bits per heavy atom. The molecule has 0 N–H and O–H groups in total. The zero-order chi connectivity index (χ0) is 15.4. The lowest BCUT2D eigenvalue weighted by molar-refractivity contribution is -0.146. The fraction of sp³-hybridized carbons (Fsp3) is 0.944. The van der Waals surface area contributed by atoms with Crippen molar-refractivity contribution in [1.29, 1.82) is 0 Å². The second kappa shape index (κ2) is 11.2. The summed E-state index contributed by atoms with van der Waals surface area (Å²) in [6.07, 6.45) is 10.2. The predicted octanol–water partition coefficient (Wildman–Crippen LogP) is 5.74. The number of esters is 1. The van der Waals surface area contributed by atoms with E-state index in [2.05, 4.69) is 27.7 Å². The van der Waals surface area contributed by atoms with Crippen molar-refractivity contribution in [3.63, 3.8) is 0 Å². The second-order valence-corrected chi connectivity index (χ2v) is 6.97. The fourth-order valence-electron chi connectivity index (χ4n) is 3.02. The molecule has 0 aromatic heterocycles. The van der Waals surface area contributed by atoms with Gasteiger partial charge in [0.1, 0.15) is 0 Å². The summed E-state index contributed by atoms with van der Waals surface area (Å²) in [5.41, 5.74) is 0.116. The highest BCUT2D eigenvalue weighted by atomic mass is 16.5. The molecule has 1 unspecified atom stereocenters. The lowest BCUT2D eigenvalue weighted by atomic mass is 9.75. The van der Waals surface area contributed by atoms with E-state index in [4.69, 9.17) is 4.74 Å². The minimum Gasteiger partial charge on any atom is -0.466 e. The molecule has 0 rings (SSSR count). The van der Waals surface area contributed by atoms with Gasteiger partial charge in [0, 0.05) is 0 Å². The van der Waals surface area contributed by atoms with Crippen molar-refractivity contribution >= 4 is 5.97 Å². The van der Waals surface area contributed by atoms with E-state index in [9.17, 15) is 4.79 Å². The van der Waals surface area contributed by atoms with Crippen LogP contribution in [0.15, 0.2) is 0 Å². The van der Waals surface area contributed by atoms with Gasteiger partial charge in [-0.3, -0.25) is 4.79 Å². The normalized spacial score (nSPS) is 14.3. The van der Waals surface area contributed by atoms with Crippen LogP contribution in [0.3, 0.4) is 0 Å². The van der Waals surface area contributed by atoms with Gasteiger partial charge in [0.25, 0.3) is 0 Å². The summed E-state index contributed by atoms with van der Waals surface area (Å²) in [6.45, 7) is 11.6. The van der Waals surface area contributed by atoms with E-state index >= 15 is 0 Å². The fourth-order valence-corrected chi connectivity index (χ4v) is 3.02. The molecule has 0 saturated heterocycles. The molecule has 0 saturated carbocycles. The molecular weight excluding hydrogens is 248 g/mol. The molecule has 0 aromatic rings. The summed E-state index contributed by atoms with van der Waals surface area (Å²) < 4.78 is 5.27. The van der Waals surface area contributed by atoms with Gasteiger partial charge in [0.15, 0.2) is 0 Å². The molecule has 0 heterocycles. The number of hydrogen-bond acceptors (Lipinski definition) is 2. The van der Waals surface area contributed by atoms with Crippen LogP contribution in [-0.4, -0.2) is 12.6 Å². The molecule has 20 heavy (non-hydrogen) atoms. The summed E-state index contributed by atoms with van der Waals surface area (Å²) in [6, 6.07) is 0. The minimum atomic E-state index is -0.0106. The number of rotatable bonds is 12. The Morgan fingerprint density at radius 1 is 1.05 bits per heavy atom. The van der Waals surface area contributed by atoms with E-state index in [0.29, 0.717) is 18.9 Å². The molecular formula is C18H36O2. The Hall–Kier alpha value is -0.530. The molecule has 0 aromatic carbocycles. The third kappa shape index (κ3) is 10.3. The molecule has 0 aliphatic heterocycles. The maximum atomic E-state index is 11.9. The van der Waals surface area contributed by atoms with Crippen molar-refractivity contribution in [2.24, 2.45) is 11.3 Å². The van der Waals surface area contributed by atoms with Gasteiger partial charge < -0.3 is 4.74 Å². The number of carbonyl (C=O) groups is 1. The molecule has 120 valence electrons. The van der Waals surface area contributed by atoms with E-state index in [1.165, 1.54) is 32.1 Å². The Bertz CT molecular complexity index is 248. The zero-order valence-corrected chi connectivity index (χ0v) is 14.5. The molecule has 0 bridgehead atoms. The minimum absolute atomic E-state index is 0.0106. The largest absolute Gasteiger partial charge is 0.466 e. The van der Waals surface area contributed by atoms with E-state index in [1.54, 1.807) is 0 Å². The average Bonchev–Trinajstić information content (AvgIpc) is 2.35. The second-order valence-electron chi connectivity index (χ2n) is 6.97. The van der Waals surface area contributed by atoms with E-state index in [-0.39, 0.29) is 11.4 Å². The summed E-state index contributed by atoms with van der Waals surface area (Å²) in [5, 5.41) is 0.